The van der Waals surface area contributed by atoms with Crippen molar-refractivity contribution in [2.45, 2.75) is 115 Å². The lowest BCUT2D eigenvalue weighted by molar-refractivity contribution is 0.0226. The van der Waals surface area contributed by atoms with Gasteiger partial charge in [-0.2, -0.15) is 0 Å². The molecule has 0 amide bonds. The standard InChI is InChI=1S/C21H45O5PS/c1-4-5-6-7-8-9-10-11-12-13-14-15-16-17-18-21(28,20(2)19-25-3)26-27(22,23)24/h20,28H,4-19H2,1-3H3,(H2,22,23,24). The van der Waals surface area contributed by atoms with Gasteiger partial charge >= 0.3 is 7.82 Å². The third kappa shape index (κ3) is 16.2. The van der Waals surface area contributed by atoms with Gasteiger partial charge in [-0.1, -0.05) is 97.3 Å². The summed E-state index contributed by atoms with van der Waals surface area (Å²) in [6.45, 7) is 4.45. The van der Waals surface area contributed by atoms with Gasteiger partial charge in [0.15, 0.2) is 0 Å². The molecule has 28 heavy (non-hydrogen) atoms. The van der Waals surface area contributed by atoms with Gasteiger partial charge in [-0.05, 0) is 12.8 Å². The fourth-order valence-corrected chi connectivity index (χ4v) is 4.78. The first-order chi connectivity index (χ1) is 13.2. The van der Waals surface area contributed by atoms with Crippen molar-refractivity contribution in [2.24, 2.45) is 5.92 Å². The van der Waals surface area contributed by atoms with E-state index < -0.39 is 12.8 Å². The van der Waals surface area contributed by atoms with Crippen LogP contribution in [-0.4, -0.2) is 28.4 Å². The molecule has 5 nitrogen and oxygen atoms in total. The minimum Gasteiger partial charge on any atom is -0.384 e. The molecule has 0 aromatic rings. The Morgan fingerprint density at radius 3 is 1.61 bits per heavy atom. The molecule has 170 valence electrons. The van der Waals surface area contributed by atoms with Gasteiger partial charge in [0.05, 0.1) is 6.61 Å². The van der Waals surface area contributed by atoms with Gasteiger partial charge in [-0.25, -0.2) is 4.57 Å². The Labute approximate surface area is 179 Å². The summed E-state index contributed by atoms with van der Waals surface area (Å²) in [4.78, 5) is 17.2. The minimum absolute atomic E-state index is 0.213. The fraction of sp³-hybridized carbons (Fsp3) is 1.00. The lowest BCUT2D eigenvalue weighted by Gasteiger charge is -2.34. The second kappa shape index (κ2) is 17.1. The highest BCUT2D eigenvalue weighted by atomic mass is 32.1. The quantitative estimate of drug-likeness (QED) is 0.0833. The molecule has 0 aliphatic carbocycles. The van der Waals surface area contributed by atoms with E-state index in [2.05, 4.69) is 19.6 Å². The maximum Gasteiger partial charge on any atom is 0.470 e. The van der Waals surface area contributed by atoms with E-state index >= 15 is 0 Å². The van der Waals surface area contributed by atoms with Crippen molar-refractivity contribution in [1.82, 2.24) is 0 Å². The van der Waals surface area contributed by atoms with Crippen molar-refractivity contribution < 1.29 is 23.6 Å². The van der Waals surface area contributed by atoms with Crippen LogP contribution in [0.3, 0.4) is 0 Å². The van der Waals surface area contributed by atoms with Crippen molar-refractivity contribution in [1.29, 1.82) is 0 Å². The molecular weight excluding hydrogens is 395 g/mol. The number of phosphoric ester groups is 1. The zero-order chi connectivity index (χ0) is 21.3. The summed E-state index contributed by atoms with van der Waals surface area (Å²) in [7, 11) is -3.02. The zero-order valence-corrected chi connectivity index (χ0v) is 20.2. The third-order valence-corrected chi connectivity index (χ3v) is 6.82. The molecule has 0 heterocycles. The van der Waals surface area contributed by atoms with Crippen LogP contribution < -0.4 is 0 Å². The molecule has 2 N–H and O–H groups in total. The Bertz CT molecular complexity index is 404. The summed E-state index contributed by atoms with van der Waals surface area (Å²) in [5.74, 6) is -0.213. The van der Waals surface area contributed by atoms with E-state index in [0.717, 1.165) is 19.3 Å². The maximum atomic E-state index is 11.3. The highest BCUT2D eigenvalue weighted by molar-refractivity contribution is 7.81. The van der Waals surface area contributed by atoms with Crippen LogP contribution in [0.4, 0.5) is 0 Å². The van der Waals surface area contributed by atoms with Crippen LogP contribution in [0.2, 0.25) is 0 Å². The largest absolute Gasteiger partial charge is 0.470 e. The van der Waals surface area contributed by atoms with Crippen LogP contribution in [0.15, 0.2) is 0 Å². The number of rotatable bonds is 20. The number of thiol groups is 1. The Kier molecular flexibility index (Phi) is 17.4. The third-order valence-electron chi connectivity index (χ3n) is 5.35. The molecular formula is C21H45O5PS. The summed E-state index contributed by atoms with van der Waals surface area (Å²) in [6, 6.07) is 0. The van der Waals surface area contributed by atoms with Gasteiger partial charge in [0.2, 0.25) is 0 Å². The van der Waals surface area contributed by atoms with Crippen LogP contribution in [-0.2, 0) is 13.8 Å². The van der Waals surface area contributed by atoms with Crippen molar-refractivity contribution in [3.63, 3.8) is 0 Å². The smallest absolute Gasteiger partial charge is 0.384 e. The van der Waals surface area contributed by atoms with E-state index in [0.29, 0.717) is 13.0 Å². The first-order valence-electron chi connectivity index (χ1n) is 11.2. The highest BCUT2D eigenvalue weighted by Gasteiger charge is 2.39. The Morgan fingerprint density at radius 2 is 1.25 bits per heavy atom. The van der Waals surface area contributed by atoms with E-state index in [1.165, 1.54) is 70.6 Å². The molecule has 0 bridgehead atoms. The van der Waals surface area contributed by atoms with Crippen molar-refractivity contribution in [3.05, 3.63) is 0 Å². The molecule has 0 aliphatic rings. The second-order valence-electron chi connectivity index (χ2n) is 8.13. The average molecular weight is 441 g/mol. The van der Waals surface area contributed by atoms with E-state index in [1.807, 2.05) is 6.92 Å². The van der Waals surface area contributed by atoms with Crippen molar-refractivity contribution >= 4 is 20.5 Å². The van der Waals surface area contributed by atoms with Crippen LogP contribution in [0, 0.1) is 5.92 Å². The molecule has 0 fully saturated rings. The molecule has 0 radical (unpaired) electrons. The lowest BCUT2D eigenvalue weighted by atomic mass is 9.98. The first-order valence-corrected chi connectivity index (χ1v) is 13.2. The summed E-state index contributed by atoms with van der Waals surface area (Å²) in [5.41, 5.74) is 0. The van der Waals surface area contributed by atoms with Crippen LogP contribution in [0.1, 0.15) is 110 Å². The monoisotopic (exact) mass is 440 g/mol. The fourth-order valence-electron chi connectivity index (χ4n) is 3.54. The molecule has 0 aromatic carbocycles. The molecule has 2 atom stereocenters. The molecule has 0 saturated carbocycles. The average Bonchev–Trinajstić information content (AvgIpc) is 2.60. The number of ether oxygens (including phenoxy) is 1. The Morgan fingerprint density at radius 1 is 0.857 bits per heavy atom. The van der Waals surface area contributed by atoms with Crippen molar-refractivity contribution in [2.75, 3.05) is 13.7 Å². The topological polar surface area (TPSA) is 76.0 Å². The predicted octanol–water partition coefficient (Wildman–Crippen LogP) is 6.88. The molecule has 0 saturated heterocycles. The number of unbranched alkanes of at least 4 members (excludes halogenated alkanes) is 13. The summed E-state index contributed by atoms with van der Waals surface area (Å²) in [5, 5.41) is 0. The molecule has 0 aliphatic heterocycles. The number of phosphoric acid groups is 1. The SMILES string of the molecule is CCCCCCCCCCCCCCCCC(S)(OP(=O)(O)O)C(C)COC. The maximum absolute atomic E-state index is 11.3. The van der Waals surface area contributed by atoms with Gasteiger partial charge in [-0.15, -0.1) is 12.6 Å². The van der Waals surface area contributed by atoms with Gasteiger partial charge in [-0.3, -0.25) is 4.52 Å². The Hall–Kier alpha value is 0.420. The van der Waals surface area contributed by atoms with Crippen molar-refractivity contribution in [3.8, 4) is 0 Å². The summed E-state index contributed by atoms with van der Waals surface area (Å²) in [6.07, 6.45) is 18.3. The number of hydrogen-bond acceptors (Lipinski definition) is 4. The molecule has 7 heteroatoms. The first kappa shape index (κ1) is 28.4. The predicted molar refractivity (Wildman–Crippen MR) is 121 cm³/mol. The van der Waals surface area contributed by atoms with E-state index in [1.54, 1.807) is 7.11 Å². The van der Waals surface area contributed by atoms with Crippen LogP contribution in [0.5, 0.6) is 0 Å². The summed E-state index contributed by atoms with van der Waals surface area (Å²) < 4.78 is 21.4. The Balaban J connectivity index is 3.76. The van der Waals surface area contributed by atoms with Gasteiger partial charge in [0.1, 0.15) is 4.93 Å². The highest BCUT2D eigenvalue weighted by Crippen LogP contribution is 2.48. The molecule has 0 rings (SSSR count). The second-order valence-corrected chi connectivity index (χ2v) is 10.0. The zero-order valence-electron chi connectivity index (χ0n) is 18.4. The van der Waals surface area contributed by atoms with Gasteiger partial charge in [0.25, 0.3) is 0 Å². The van der Waals surface area contributed by atoms with E-state index in [4.69, 9.17) is 9.26 Å². The normalized spacial score (nSPS) is 15.5. The summed E-state index contributed by atoms with van der Waals surface area (Å²) >= 11 is 4.46. The van der Waals surface area contributed by atoms with Crippen LogP contribution >= 0.6 is 20.5 Å². The van der Waals surface area contributed by atoms with Gasteiger partial charge in [0, 0.05) is 13.0 Å². The number of hydrogen-bond donors (Lipinski definition) is 3. The van der Waals surface area contributed by atoms with E-state index in [9.17, 15) is 14.4 Å². The van der Waals surface area contributed by atoms with Crippen LogP contribution in [0.25, 0.3) is 0 Å². The number of methoxy groups -OCH3 is 1. The molecule has 0 aromatic heterocycles. The molecule has 0 spiro atoms. The lowest BCUT2D eigenvalue weighted by Crippen LogP contribution is -2.35. The molecule has 2 unspecified atom stereocenters. The minimum atomic E-state index is -4.58. The van der Waals surface area contributed by atoms with Gasteiger partial charge < -0.3 is 14.5 Å². The van der Waals surface area contributed by atoms with E-state index in [-0.39, 0.29) is 5.92 Å².